The number of aromatic nitrogens is 1. The predicted octanol–water partition coefficient (Wildman–Crippen LogP) is 4.37. The van der Waals surface area contributed by atoms with Gasteiger partial charge in [-0.2, -0.15) is 5.26 Å². The maximum absolute atomic E-state index is 9.11. The first kappa shape index (κ1) is 13.4. The summed E-state index contributed by atoms with van der Waals surface area (Å²) in [5.41, 5.74) is 2.47. The lowest BCUT2D eigenvalue weighted by Gasteiger charge is -2.09. The Hall–Kier alpha value is -2.57. The molecule has 3 aromatic rings. The highest BCUT2D eigenvalue weighted by molar-refractivity contribution is 6.30. The summed E-state index contributed by atoms with van der Waals surface area (Å²) in [5, 5.41) is 15.2. The predicted molar refractivity (Wildman–Crippen MR) is 85.2 cm³/mol. The van der Waals surface area contributed by atoms with Crippen LogP contribution < -0.4 is 5.32 Å². The van der Waals surface area contributed by atoms with E-state index < -0.39 is 0 Å². The highest BCUT2D eigenvalue weighted by Crippen LogP contribution is 2.22. The van der Waals surface area contributed by atoms with Gasteiger partial charge in [-0.05, 0) is 41.3 Å². The lowest BCUT2D eigenvalue weighted by Crippen LogP contribution is -2.01. The molecule has 0 atom stereocenters. The summed E-state index contributed by atoms with van der Waals surface area (Å²) in [7, 11) is 0. The number of nitrogens with one attached hydrogen (secondary N) is 1. The summed E-state index contributed by atoms with van der Waals surface area (Å²) in [4.78, 5) is 4.10. The van der Waals surface area contributed by atoms with E-state index in [0.717, 1.165) is 22.0 Å². The first-order chi connectivity index (χ1) is 10.3. The van der Waals surface area contributed by atoms with E-state index >= 15 is 0 Å². The molecular formula is C17H12ClN3. The summed E-state index contributed by atoms with van der Waals surface area (Å²) in [6.45, 7) is 0.632. The van der Waals surface area contributed by atoms with E-state index in [9.17, 15) is 0 Å². The van der Waals surface area contributed by atoms with E-state index in [4.69, 9.17) is 16.9 Å². The zero-order chi connectivity index (χ0) is 14.7. The maximum atomic E-state index is 9.11. The normalized spacial score (nSPS) is 10.3. The van der Waals surface area contributed by atoms with Crippen molar-refractivity contribution in [1.82, 2.24) is 4.98 Å². The largest absolute Gasteiger partial charge is 0.380 e. The molecule has 0 aliphatic heterocycles. The molecule has 0 aliphatic carbocycles. The molecule has 1 N–H and O–H groups in total. The molecule has 0 bridgehead atoms. The molecule has 0 unspecified atom stereocenters. The zero-order valence-corrected chi connectivity index (χ0v) is 11.9. The molecule has 0 amide bonds. The number of nitrogens with zero attached hydrogens (tertiary/aromatic N) is 2. The average molecular weight is 294 g/mol. The van der Waals surface area contributed by atoms with Crippen LogP contribution >= 0.6 is 11.6 Å². The molecular weight excluding hydrogens is 282 g/mol. The Kier molecular flexibility index (Phi) is 3.72. The number of benzene rings is 2. The van der Waals surface area contributed by atoms with Crippen LogP contribution in [0, 0.1) is 11.3 Å². The fourth-order valence-corrected chi connectivity index (χ4v) is 2.37. The van der Waals surface area contributed by atoms with Crippen molar-refractivity contribution in [2.75, 3.05) is 5.32 Å². The Labute approximate surface area is 127 Å². The number of nitriles is 1. The number of hydrogen-bond acceptors (Lipinski definition) is 3. The molecule has 21 heavy (non-hydrogen) atoms. The molecule has 0 radical (unpaired) electrons. The second-order valence-electron chi connectivity index (χ2n) is 4.71. The standard InChI is InChI=1S/C17H12ClN3/c18-16-4-3-14(9-19)17(8-16)21-10-12-1-2-15-11-20-6-5-13(15)7-12/h1-8,11,21H,10H2. The molecule has 0 saturated carbocycles. The molecule has 0 fully saturated rings. The summed E-state index contributed by atoms with van der Waals surface area (Å²) in [5.74, 6) is 0. The summed E-state index contributed by atoms with van der Waals surface area (Å²) in [6, 6.07) is 15.6. The minimum Gasteiger partial charge on any atom is -0.380 e. The first-order valence-corrected chi connectivity index (χ1v) is 6.90. The van der Waals surface area contributed by atoms with Crippen molar-refractivity contribution in [2.45, 2.75) is 6.54 Å². The van der Waals surface area contributed by atoms with Gasteiger partial charge in [0.05, 0.1) is 11.3 Å². The van der Waals surface area contributed by atoms with Gasteiger partial charge in [0, 0.05) is 29.3 Å². The number of pyridine rings is 1. The van der Waals surface area contributed by atoms with Crippen molar-refractivity contribution in [2.24, 2.45) is 0 Å². The van der Waals surface area contributed by atoms with Gasteiger partial charge in [0.25, 0.3) is 0 Å². The number of fused-ring (bicyclic) bond motifs is 1. The minimum atomic E-state index is 0.587. The SMILES string of the molecule is N#Cc1ccc(Cl)cc1NCc1ccc2cnccc2c1. The average Bonchev–Trinajstić information content (AvgIpc) is 2.53. The Balaban J connectivity index is 1.83. The van der Waals surface area contributed by atoms with Gasteiger partial charge < -0.3 is 5.32 Å². The minimum absolute atomic E-state index is 0.587. The quantitative estimate of drug-likeness (QED) is 0.780. The highest BCUT2D eigenvalue weighted by Gasteiger charge is 2.03. The second-order valence-corrected chi connectivity index (χ2v) is 5.15. The third-order valence-corrected chi connectivity index (χ3v) is 3.53. The molecule has 102 valence electrons. The van der Waals surface area contributed by atoms with Gasteiger partial charge in [0.1, 0.15) is 6.07 Å². The fraction of sp³-hybridized carbons (Fsp3) is 0.0588. The number of hydrogen-bond donors (Lipinski definition) is 1. The lowest BCUT2D eigenvalue weighted by atomic mass is 10.1. The molecule has 3 rings (SSSR count). The Morgan fingerprint density at radius 2 is 2.00 bits per heavy atom. The smallest absolute Gasteiger partial charge is 0.101 e. The molecule has 2 aromatic carbocycles. The van der Waals surface area contributed by atoms with E-state index in [1.165, 1.54) is 0 Å². The van der Waals surface area contributed by atoms with Crippen LogP contribution in [0.2, 0.25) is 5.02 Å². The number of halogens is 1. The first-order valence-electron chi connectivity index (χ1n) is 6.52. The van der Waals surface area contributed by atoms with E-state index in [2.05, 4.69) is 22.4 Å². The lowest BCUT2D eigenvalue weighted by molar-refractivity contribution is 1.15. The van der Waals surface area contributed by atoms with Crippen LogP contribution in [-0.4, -0.2) is 4.98 Å². The Bertz CT molecular complexity index is 837. The van der Waals surface area contributed by atoms with E-state index in [1.807, 2.05) is 24.4 Å². The monoisotopic (exact) mass is 293 g/mol. The maximum Gasteiger partial charge on any atom is 0.101 e. The highest BCUT2D eigenvalue weighted by atomic mass is 35.5. The van der Waals surface area contributed by atoms with Crippen LogP contribution in [0.15, 0.2) is 54.9 Å². The number of anilines is 1. The third-order valence-electron chi connectivity index (χ3n) is 3.29. The van der Waals surface area contributed by atoms with Crippen molar-refractivity contribution in [1.29, 1.82) is 5.26 Å². The van der Waals surface area contributed by atoms with Crippen LogP contribution in [0.3, 0.4) is 0 Å². The van der Waals surface area contributed by atoms with Crippen molar-refractivity contribution in [3.8, 4) is 6.07 Å². The van der Waals surface area contributed by atoms with Crippen molar-refractivity contribution in [3.05, 3.63) is 71.0 Å². The van der Waals surface area contributed by atoms with Gasteiger partial charge in [0.2, 0.25) is 0 Å². The van der Waals surface area contributed by atoms with Crippen LogP contribution in [-0.2, 0) is 6.54 Å². The van der Waals surface area contributed by atoms with Crippen molar-refractivity contribution in [3.63, 3.8) is 0 Å². The van der Waals surface area contributed by atoms with Gasteiger partial charge in [0.15, 0.2) is 0 Å². The summed E-state index contributed by atoms with van der Waals surface area (Å²) in [6.07, 6.45) is 3.63. The molecule has 1 aromatic heterocycles. The van der Waals surface area contributed by atoms with Crippen LogP contribution in [0.4, 0.5) is 5.69 Å². The van der Waals surface area contributed by atoms with E-state index in [0.29, 0.717) is 17.1 Å². The van der Waals surface area contributed by atoms with Crippen LogP contribution in [0.25, 0.3) is 10.8 Å². The summed E-state index contributed by atoms with van der Waals surface area (Å²) < 4.78 is 0. The molecule has 3 nitrogen and oxygen atoms in total. The molecule has 0 saturated heterocycles. The van der Waals surface area contributed by atoms with Crippen molar-refractivity contribution >= 4 is 28.1 Å². The topological polar surface area (TPSA) is 48.7 Å². The van der Waals surface area contributed by atoms with Gasteiger partial charge in [-0.1, -0.05) is 23.7 Å². The molecule has 0 aliphatic rings. The van der Waals surface area contributed by atoms with Crippen LogP contribution in [0.1, 0.15) is 11.1 Å². The van der Waals surface area contributed by atoms with Gasteiger partial charge in [-0.25, -0.2) is 0 Å². The zero-order valence-electron chi connectivity index (χ0n) is 11.2. The Morgan fingerprint density at radius 1 is 1.10 bits per heavy atom. The summed E-state index contributed by atoms with van der Waals surface area (Å²) >= 11 is 5.98. The van der Waals surface area contributed by atoms with Crippen molar-refractivity contribution < 1.29 is 0 Å². The molecule has 1 heterocycles. The second kappa shape index (κ2) is 5.82. The Morgan fingerprint density at radius 3 is 2.86 bits per heavy atom. The molecule has 4 heteroatoms. The number of rotatable bonds is 3. The van der Waals surface area contributed by atoms with Gasteiger partial charge >= 0.3 is 0 Å². The van der Waals surface area contributed by atoms with E-state index in [1.54, 1.807) is 24.4 Å². The van der Waals surface area contributed by atoms with Gasteiger partial charge in [-0.3, -0.25) is 4.98 Å². The third kappa shape index (κ3) is 2.96. The van der Waals surface area contributed by atoms with Crippen LogP contribution in [0.5, 0.6) is 0 Å². The fourth-order valence-electron chi connectivity index (χ4n) is 2.20. The van der Waals surface area contributed by atoms with E-state index in [-0.39, 0.29) is 0 Å². The molecule has 0 spiro atoms. The van der Waals surface area contributed by atoms with Gasteiger partial charge in [-0.15, -0.1) is 0 Å².